The van der Waals surface area contributed by atoms with Crippen LogP contribution in [0.5, 0.6) is 0 Å². The number of piperidine rings is 1. The SMILES string of the molecule is C[C@@H]1Cc2ncnc(N3CCC(NS(C)(=O)=O)CC3)c2CN1c1ccnc2c1C=CC2. The Hall–Kier alpha value is -2.52. The Kier molecular flexibility index (Phi) is 5.18. The first kappa shape index (κ1) is 20.4. The van der Waals surface area contributed by atoms with E-state index in [-0.39, 0.29) is 6.04 Å². The number of sulfonamides is 1. The van der Waals surface area contributed by atoms with E-state index in [1.54, 1.807) is 6.33 Å². The molecule has 1 fully saturated rings. The number of nitrogens with zero attached hydrogens (tertiary/aromatic N) is 5. The number of aromatic nitrogens is 3. The highest BCUT2D eigenvalue weighted by Gasteiger charge is 2.31. The molecule has 5 rings (SSSR count). The van der Waals surface area contributed by atoms with E-state index in [9.17, 15) is 8.42 Å². The van der Waals surface area contributed by atoms with Gasteiger partial charge in [0.25, 0.3) is 0 Å². The van der Waals surface area contributed by atoms with Crippen molar-refractivity contribution in [3.8, 4) is 0 Å². The summed E-state index contributed by atoms with van der Waals surface area (Å²) in [5, 5.41) is 0. The average molecular weight is 441 g/mol. The third-order valence-electron chi connectivity index (χ3n) is 6.49. The van der Waals surface area contributed by atoms with Crippen molar-refractivity contribution in [3.05, 3.63) is 47.2 Å². The van der Waals surface area contributed by atoms with Crippen LogP contribution in [0.15, 0.2) is 24.7 Å². The Balaban J connectivity index is 1.40. The topological polar surface area (TPSA) is 91.3 Å². The van der Waals surface area contributed by atoms with Gasteiger partial charge in [-0.1, -0.05) is 12.2 Å². The van der Waals surface area contributed by atoms with Gasteiger partial charge in [-0.15, -0.1) is 0 Å². The molecule has 164 valence electrons. The molecule has 1 aliphatic carbocycles. The molecule has 0 aromatic carbocycles. The molecule has 1 atom stereocenters. The molecule has 8 nitrogen and oxygen atoms in total. The minimum atomic E-state index is -3.18. The quantitative estimate of drug-likeness (QED) is 0.776. The smallest absolute Gasteiger partial charge is 0.208 e. The minimum Gasteiger partial charge on any atom is -0.363 e. The van der Waals surface area contributed by atoms with Gasteiger partial charge in [0.2, 0.25) is 10.0 Å². The Bertz CT molecular complexity index is 1120. The van der Waals surface area contributed by atoms with Gasteiger partial charge in [-0.3, -0.25) is 4.98 Å². The molecule has 0 bridgehead atoms. The average Bonchev–Trinajstić information content (AvgIpc) is 3.21. The summed E-state index contributed by atoms with van der Waals surface area (Å²) >= 11 is 0. The molecule has 0 unspecified atom stereocenters. The van der Waals surface area contributed by atoms with Crippen LogP contribution in [0.25, 0.3) is 6.08 Å². The van der Waals surface area contributed by atoms with E-state index in [1.165, 1.54) is 23.1 Å². The number of hydrogen-bond donors (Lipinski definition) is 1. The second-order valence-electron chi connectivity index (χ2n) is 8.75. The van der Waals surface area contributed by atoms with E-state index in [0.717, 1.165) is 62.5 Å². The van der Waals surface area contributed by atoms with Gasteiger partial charge >= 0.3 is 0 Å². The van der Waals surface area contributed by atoms with E-state index in [2.05, 4.69) is 54.6 Å². The lowest BCUT2D eigenvalue weighted by Crippen LogP contribution is -2.46. The summed E-state index contributed by atoms with van der Waals surface area (Å²) in [4.78, 5) is 18.5. The van der Waals surface area contributed by atoms with Crippen LogP contribution in [0, 0.1) is 0 Å². The van der Waals surface area contributed by atoms with Gasteiger partial charge < -0.3 is 9.80 Å². The molecule has 0 saturated carbocycles. The van der Waals surface area contributed by atoms with E-state index >= 15 is 0 Å². The molecule has 1 saturated heterocycles. The molecular formula is C22H28N6O2S. The molecule has 0 amide bonds. The maximum absolute atomic E-state index is 11.6. The van der Waals surface area contributed by atoms with Crippen molar-refractivity contribution in [2.75, 3.05) is 29.1 Å². The molecule has 31 heavy (non-hydrogen) atoms. The van der Waals surface area contributed by atoms with Crippen LogP contribution in [0.4, 0.5) is 11.5 Å². The summed E-state index contributed by atoms with van der Waals surface area (Å²) in [5.74, 6) is 0.987. The molecule has 1 N–H and O–H groups in total. The van der Waals surface area contributed by atoms with Gasteiger partial charge in [-0.25, -0.2) is 23.1 Å². The van der Waals surface area contributed by atoms with Crippen LogP contribution in [0.1, 0.15) is 42.3 Å². The normalized spacial score (nSPS) is 21.3. The zero-order valence-corrected chi connectivity index (χ0v) is 18.8. The summed E-state index contributed by atoms with van der Waals surface area (Å²) in [6.45, 7) is 4.57. The largest absolute Gasteiger partial charge is 0.363 e. The summed E-state index contributed by atoms with van der Waals surface area (Å²) in [6, 6.07) is 2.44. The molecular weight excluding hydrogens is 412 g/mol. The second kappa shape index (κ2) is 7.87. The van der Waals surface area contributed by atoms with Gasteiger partial charge in [-0.2, -0.15) is 0 Å². The Morgan fingerprint density at radius 2 is 1.94 bits per heavy atom. The number of pyridine rings is 1. The number of nitrogens with one attached hydrogen (secondary N) is 1. The van der Waals surface area contributed by atoms with Crippen molar-refractivity contribution in [1.29, 1.82) is 0 Å². The van der Waals surface area contributed by atoms with E-state index in [1.807, 2.05) is 6.20 Å². The summed E-state index contributed by atoms with van der Waals surface area (Å²) < 4.78 is 25.9. The van der Waals surface area contributed by atoms with Gasteiger partial charge in [0.1, 0.15) is 12.1 Å². The summed E-state index contributed by atoms with van der Waals surface area (Å²) in [6.07, 6.45) is 12.5. The number of anilines is 2. The zero-order chi connectivity index (χ0) is 21.6. The monoisotopic (exact) mass is 440 g/mol. The van der Waals surface area contributed by atoms with Crippen LogP contribution < -0.4 is 14.5 Å². The maximum Gasteiger partial charge on any atom is 0.208 e. The standard InChI is InChI=1S/C22H28N6O2S/c1-15-12-20-18(13-28(15)21-6-9-23-19-5-3-4-17(19)21)22(25-14-24-20)27-10-7-16(8-11-27)26-31(2,29)30/h3-4,6,9,14-16,26H,5,7-8,10-13H2,1-2H3/t15-/m1/s1. The van der Waals surface area contributed by atoms with Crippen LogP contribution in [-0.2, 0) is 29.4 Å². The first-order valence-electron chi connectivity index (χ1n) is 10.8. The van der Waals surface area contributed by atoms with Gasteiger partial charge in [0.15, 0.2) is 0 Å². The third kappa shape index (κ3) is 4.04. The molecule has 2 aromatic rings. The van der Waals surface area contributed by atoms with Crippen LogP contribution in [0.3, 0.4) is 0 Å². The fourth-order valence-corrected chi connectivity index (χ4v) is 5.83. The molecule has 0 spiro atoms. The van der Waals surface area contributed by atoms with Crippen molar-refractivity contribution < 1.29 is 8.42 Å². The fourth-order valence-electron chi connectivity index (χ4n) is 4.99. The highest BCUT2D eigenvalue weighted by atomic mass is 32.2. The molecule has 4 heterocycles. The van der Waals surface area contributed by atoms with Crippen LogP contribution in [0.2, 0.25) is 0 Å². The predicted molar refractivity (Wildman–Crippen MR) is 122 cm³/mol. The van der Waals surface area contributed by atoms with E-state index in [4.69, 9.17) is 0 Å². The Morgan fingerprint density at radius 3 is 2.71 bits per heavy atom. The molecule has 2 aromatic heterocycles. The highest BCUT2D eigenvalue weighted by Crippen LogP contribution is 2.36. The lowest BCUT2D eigenvalue weighted by atomic mass is 9.97. The Labute approximate surface area is 183 Å². The maximum atomic E-state index is 11.6. The number of fused-ring (bicyclic) bond motifs is 2. The minimum absolute atomic E-state index is 0.00775. The van der Waals surface area contributed by atoms with Crippen molar-refractivity contribution in [2.45, 2.75) is 51.2 Å². The third-order valence-corrected chi connectivity index (χ3v) is 7.25. The fraction of sp³-hybridized carbons (Fsp3) is 0.500. The van der Waals surface area contributed by atoms with E-state index < -0.39 is 10.0 Å². The van der Waals surface area contributed by atoms with Crippen molar-refractivity contribution in [3.63, 3.8) is 0 Å². The van der Waals surface area contributed by atoms with Crippen LogP contribution in [-0.4, -0.2) is 54.8 Å². The number of rotatable bonds is 4. The zero-order valence-electron chi connectivity index (χ0n) is 18.0. The van der Waals surface area contributed by atoms with Gasteiger partial charge in [0, 0.05) is 67.6 Å². The molecule has 2 aliphatic heterocycles. The summed E-state index contributed by atoms with van der Waals surface area (Å²) in [7, 11) is -3.18. The van der Waals surface area contributed by atoms with Crippen LogP contribution >= 0.6 is 0 Å². The Morgan fingerprint density at radius 1 is 1.13 bits per heavy atom. The van der Waals surface area contributed by atoms with Crippen molar-refractivity contribution in [2.24, 2.45) is 0 Å². The molecule has 9 heteroatoms. The molecule has 0 radical (unpaired) electrons. The first-order chi connectivity index (χ1) is 14.9. The lowest BCUT2D eigenvalue weighted by molar-refractivity contribution is 0.458. The highest BCUT2D eigenvalue weighted by molar-refractivity contribution is 7.88. The molecule has 3 aliphatic rings. The number of hydrogen-bond acceptors (Lipinski definition) is 7. The lowest BCUT2D eigenvalue weighted by Gasteiger charge is -2.40. The van der Waals surface area contributed by atoms with Crippen molar-refractivity contribution in [1.82, 2.24) is 19.7 Å². The second-order valence-corrected chi connectivity index (χ2v) is 10.5. The predicted octanol–water partition coefficient (Wildman–Crippen LogP) is 1.91. The van der Waals surface area contributed by atoms with Gasteiger partial charge in [-0.05, 0) is 25.8 Å². The number of allylic oxidation sites excluding steroid dienone is 1. The first-order valence-corrected chi connectivity index (χ1v) is 12.7. The van der Waals surface area contributed by atoms with Crippen molar-refractivity contribution >= 4 is 27.6 Å². The van der Waals surface area contributed by atoms with E-state index in [0.29, 0.717) is 6.04 Å². The summed E-state index contributed by atoms with van der Waals surface area (Å²) in [5.41, 5.74) is 5.89. The van der Waals surface area contributed by atoms with Gasteiger partial charge in [0.05, 0.1) is 17.6 Å².